The fraction of sp³-hybridized carbons (Fsp3) is 0.174. The highest BCUT2D eigenvalue weighted by Gasteiger charge is 2.19. The Balaban J connectivity index is 1.56. The number of amides is 1. The normalized spacial score (nSPS) is 12.2. The third kappa shape index (κ3) is 3.81. The number of aromatic amines is 1. The van der Waals surface area contributed by atoms with Gasteiger partial charge in [0.05, 0.1) is 12.5 Å². The van der Waals surface area contributed by atoms with Gasteiger partial charge < -0.3 is 10.3 Å². The van der Waals surface area contributed by atoms with E-state index in [1.165, 1.54) is 5.56 Å². The summed E-state index contributed by atoms with van der Waals surface area (Å²) in [6.45, 7) is 2.15. The molecule has 2 heterocycles. The van der Waals surface area contributed by atoms with E-state index in [9.17, 15) is 4.79 Å². The fourth-order valence-electron chi connectivity index (χ4n) is 3.38. The van der Waals surface area contributed by atoms with E-state index < -0.39 is 0 Å². The third-order valence-corrected chi connectivity index (χ3v) is 5.82. The van der Waals surface area contributed by atoms with Crippen LogP contribution in [0.4, 0.5) is 0 Å². The maximum absolute atomic E-state index is 12.8. The SMILES string of the molecule is CCc1ccc(C(NC(=O)Cc2c[nH]c3ccccc23)c2cccs2)cc1. The maximum Gasteiger partial charge on any atom is 0.225 e. The number of carbonyl (C=O) groups excluding carboxylic acids is 1. The Morgan fingerprint density at radius 3 is 2.63 bits per heavy atom. The van der Waals surface area contributed by atoms with Crippen molar-refractivity contribution in [1.82, 2.24) is 10.3 Å². The molecule has 0 fully saturated rings. The Hall–Kier alpha value is -2.85. The van der Waals surface area contributed by atoms with E-state index in [4.69, 9.17) is 0 Å². The van der Waals surface area contributed by atoms with Crippen LogP contribution in [-0.2, 0) is 17.6 Å². The average molecular weight is 375 g/mol. The van der Waals surface area contributed by atoms with Crippen molar-refractivity contribution in [3.05, 3.63) is 93.8 Å². The van der Waals surface area contributed by atoms with Crippen LogP contribution in [0.3, 0.4) is 0 Å². The van der Waals surface area contributed by atoms with Crippen molar-refractivity contribution < 1.29 is 4.79 Å². The zero-order chi connectivity index (χ0) is 18.6. The van der Waals surface area contributed by atoms with Crippen molar-refractivity contribution >= 4 is 28.1 Å². The number of nitrogens with one attached hydrogen (secondary N) is 2. The number of carbonyl (C=O) groups is 1. The van der Waals surface area contributed by atoms with Crippen molar-refractivity contribution in [1.29, 1.82) is 0 Å². The molecule has 2 aromatic carbocycles. The van der Waals surface area contributed by atoms with Gasteiger partial charge in [-0.05, 0) is 40.6 Å². The van der Waals surface area contributed by atoms with Gasteiger partial charge in [-0.1, -0.05) is 55.5 Å². The summed E-state index contributed by atoms with van der Waals surface area (Å²) in [5.74, 6) is 0.0257. The average Bonchev–Trinajstić information content (AvgIpc) is 3.37. The first kappa shape index (κ1) is 17.6. The Bertz CT molecular complexity index is 1030. The lowest BCUT2D eigenvalue weighted by atomic mass is 10.0. The number of para-hydroxylation sites is 1. The summed E-state index contributed by atoms with van der Waals surface area (Å²) in [5.41, 5.74) is 4.50. The molecule has 0 bridgehead atoms. The second kappa shape index (κ2) is 7.80. The molecule has 0 aliphatic rings. The van der Waals surface area contributed by atoms with Crippen molar-refractivity contribution in [2.75, 3.05) is 0 Å². The molecule has 0 aliphatic carbocycles. The van der Waals surface area contributed by atoms with Gasteiger partial charge >= 0.3 is 0 Å². The van der Waals surface area contributed by atoms with Crippen LogP contribution in [0.1, 0.15) is 34.5 Å². The molecular formula is C23H22N2OS. The first-order chi connectivity index (χ1) is 13.2. The molecule has 4 heteroatoms. The highest BCUT2D eigenvalue weighted by atomic mass is 32.1. The number of H-pyrrole nitrogens is 1. The topological polar surface area (TPSA) is 44.9 Å². The second-order valence-corrected chi connectivity index (χ2v) is 7.63. The quantitative estimate of drug-likeness (QED) is 0.476. The second-order valence-electron chi connectivity index (χ2n) is 6.65. The molecule has 136 valence electrons. The summed E-state index contributed by atoms with van der Waals surface area (Å²) in [6.07, 6.45) is 3.30. The molecule has 0 aliphatic heterocycles. The number of rotatable bonds is 6. The van der Waals surface area contributed by atoms with E-state index in [0.717, 1.165) is 33.3 Å². The van der Waals surface area contributed by atoms with Gasteiger partial charge in [0.15, 0.2) is 0 Å². The van der Waals surface area contributed by atoms with E-state index in [0.29, 0.717) is 6.42 Å². The minimum atomic E-state index is -0.117. The van der Waals surface area contributed by atoms with Crippen LogP contribution in [0.2, 0.25) is 0 Å². The molecule has 0 saturated carbocycles. The smallest absolute Gasteiger partial charge is 0.225 e. The van der Waals surface area contributed by atoms with Crippen LogP contribution in [0, 0.1) is 0 Å². The summed E-state index contributed by atoms with van der Waals surface area (Å²) in [4.78, 5) is 17.2. The molecule has 3 nitrogen and oxygen atoms in total. The summed E-state index contributed by atoms with van der Waals surface area (Å²) < 4.78 is 0. The number of hydrogen-bond donors (Lipinski definition) is 2. The molecule has 1 atom stereocenters. The fourth-order valence-corrected chi connectivity index (χ4v) is 4.19. The molecule has 0 radical (unpaired) electrons. The van der Waals surface area contributed by atoms with Gasteiger partial charge in [0.1, 0.15) is 0 Å². The predicted octanol–water partition coefficient (Wildman–Crippen LogP) is 5.24. The van der Waals surface area contributed by atoms with Crippen molar-refractivity contribution in [2.45, 2.75) is 25.8 Å². The summed E-state index contributed by atoms with van der Waals surface area (Å²) in [5, 5.41) is 6.39. The third-order valence-electron chi connectivity index (χ3n) is 4.88. The first-order valence-corrected chi connectivity index (χ1v) is 10.1. The van der Waals surface area contributed by atoms with E-state index in [2.05, 4.69) is 59.0 Å². The monoisotopic (exact) mass is 374 g/mol. The summed E-state index contributed by atoms with van der Waals surface area (Å²) >= 11 is 1.67. The highest BCUT2D eigenvalue weighted by Crippen LogP contribution is 2.27. The first-order valence-electron chi connectivity index (χ1n) is 9.21. The molecular weight excluding hydrogens is 352 g/mol. The van der Waals surface area contributed by atoms with Crippen LogP contribution < -0.4 is 5.32 Å². The molecule has 0 saturated heterocycles. The predicted molar refractivity (Wildman–Crippen MR) is 112 cm³/mol. The van der Waals surface area contributed by atoms with Crippen LogP contribution in [0.15, 0.2) is 72.2 Å². The Morgan fingerprint density at radius 2 is 1.89 bits per heavy atom. The minimum Gasteiger partial charge on any atom is -0.361 e. The molecule has 27 heavy (non-hydrogen) atoms. The van der Waals surface area contributed by atoms with Gasteiger partial charge in [-0.2, -0.15) is 0 Å². The van der Waals surface area contributed by atoms with Gasteiger partial charge in [0.2, 0.25) is 5.91 Å². The number of hydrogen-bond acceptors (Lipinski definition) is 2. The van der Waals surface area contributed by atoms with Crippen molar-refractivity contribution in [2.24, 2.45) is 0 Å². The molecule has 2 N–H and O–H groups in total. The Kier molecular flexibility index (Phi) is 5.07. The summed E-state index contributed by atoms with van der Waals surface area (Å²) in [7, 11) is 0. The van der Waals surface area contributed by atoms with Crippen LogP contribution in [0.5, 0.6) is 0 Å². The van der Waals surface area contributed by atoms with E-state index >= 15 is 0 Å². The highest BCUT2D eigenvalue weighted by molar-refractivity contribution is 7.10. The Morgan fingerprint density at radius 1 is 1.07 bits per heavy atom. The molecule has 1 amide bonds. The van der Waals surface area contributed by atoms with Gasteiger partial charge in [-0.25, -0.2) is 0 Å². The maximum atomic E-state index is 12.8. The van der Waals surface area contributed by atoms with Gasteiger partial charge in [0.25, 0.3) is 0 Å². The lowest BCUT2D eigenvalue weighted by Crippen LogP contribution is -2.30. The van der Waals surface area contributed by atoms with Gasteiger partial charge in [-0.15, -0.1) is 11.3 Å². The largest absolute Gasteiger partial charge is 0.361 e. The Labute approximate surface area is 163 Å². The van der Waals surface area contributed by atoms with E-state index in [-0.39, 0.29) is 11.9 Å². The van der Waals surface area contributed by atoms with E-state index in [1.54, 1.807) is 11.3 Å². The molecule has 4 rings (SSSR count). The van der Waals surface area contributed by atoms with E-state index in [1.807, 2.05) is 30.5 Å². The zero-order valence-corrected chi connectivity index (χ0v) is 16.1. The number of aryl methyl sites for hydroxylation is 1. The number of aromatic nitrogens is 1. The lowest BCUT2D eigenvalue weighted by Gasteiger charge is -2.18. The number of benzene rings is 2. The standard InChI is InChI=1S/C23H22N2OS/c1-2-16-9-11-17(12-10-16)23(21-8-5-13-27-21)25-22(26)14-18-15-24-20-7-4-3-6-19(18)20/h3-13,15,23-24H,2,14H2,1H3,(H,25,26). The van der Waals surface area contributed by atoms with Crippen molar-refractivity contribution in [3.8, 4) is 0 Å². The van der Waals surface area contributed by atoms with Crippen LogP contribution in [0.25, 0.3) is 10.9 Å². The lowest BCUT2D eigenvalue weighted by molar-refractivity contribution is -0.120. The van der Waals surface area contributed by atoms with Gasteiger partial charge in [0, 0.05) is 22.0 Å². The molecule has 1 unspecified atom stereocenters. The molecule has 2 aromatic heterocycles. The summed E-state index contributed by atoms with van der Waals surface area (Å²) in [6, 6.07) is 20.6. The van der Waals surface area contributed by atoms with Crippen LogP contribution in [-0.4, -0.2) is 10.9 Å². The zero-order valence-electron chi connectivity index (χ0n) is 15.2. The molecule has 4 aromatic rings. The van der Waals surface area contributed by atoms with Crippen molar-refractivity contribution in [3.63, 3.8) is 0 Å². The minimum absolute atomic E-state index is 0.0257. The van der Waals surface area contributed by atoms with Gasteiger partial charge in [-0.3, -0.25) is 4.79 Å². The van der Waals surface area contributed by atoms with Crippen LogP contribution >= 0.6 is 11.3 Å². The number of fused-ring (bicyclic) bond motifs is 1. The number of thiophene rings is 1. The molecule has 0 spiro atoms.